The molecule has 3 N–H and O–H groups in total. The highest BCUT2D eigenvalue weighted by atomic mass is 16.6. The number of epoxide rings is 2. The van der Waals surface area contributed by atoms with Crippen LogP contribution in [0.5, 0.6) is 0 Å². The summed E-state index contributed by atoms with van der Waals surface area (Å²) in [7, 11) is 0. The number of carbonyl (C=O) groups is 2. The van der Waals surface area contributed by atoms with Gasteiger partial charge in [-0.3, -0.25) is 4.79 Å². The molecule has 7 atom stereocenters. The molecule has 7 heteroatoms. The average molecular weight is 411 g/mol. The Morgan fingerprint density at radius 3 is 2.45 bits per heavy atom. The minimum absolute atomic E-state index is 0.0970. The molecular formula is C22H38N2O5. The third kappa shape index (κ3) is 4.55. The summed E-state index contributed by atoms with van der Waals surface area (Å²) in [6.45, 7) is 13.2. The van der Waals surface area contributed by atoms with Crippen molar-refractivity contribution in [3.8, 4) is 0 Å². The summed E-state index contributed by atoms with van der Waals surface area (Å²) in [4.78, 5) is 24.0. The summed E-state index contributed by atoms with van der Waals surface area (Å²) in [6.07, 6.45) is 3.23. The molecule has 7 nitrogen and oxygen atoms in total. The maximum Gasteiger partial charge on any atom is 0.408 e. The van der Waals surface area contributed by atoms with Crippen molar-refractivity contribution in [1.82, 2.24) is 5.32 Å². The average Bonchev–Trinajstić information content (AvgIpc) is 3.51. The fraction of sp³-hybridized carbons (Fsp3) is 0.909. The summed E-state index contributed by atoms with van der Waals surface area (Å²) in [6, 6.07) is -0.736. The number of carbonyl (C=O) groups excluding carboxylic acids is 2. The Labute approximate surface area is 174 Å². The number of hydrogen-bond acceptors (Lipinski definition) is 5. The van der Waals surface area contributed by atoms with E-state index in [-0.39, 0.29) is 41.2 Å². The molecule has 3 rings (SSSR count). The molecule has 166 valence electrons. The first-order valence-electron chi connectivity index (χ1n) is 11.1. The first kappa shape index (κ1) is 22.3. The zero-order valence-corrected chi connectivity index (χ0v) is 18.7. The Hall–Kier alpha value is -1.34. The molecule has 0 aromatic carbocycles. The smallest absolute Gasteiger partial charge is 0.408 e. The molecule has 1 saturated carbocycles. The fourth-order valence-electron chi connectivity index (χ4n) is 5.37. The molecule has 1 aliphatic carbocycles. The van der Waals surface area contributed by atoms with Crippen LogP contribution in [0.25, 0.3) is 0 Å². The van der Waals surface area contributed by atoms with E-state index >= 15 is 0 Å². The van der Waals surface area contributed by atoms with Crippen molar-refractivity contribution in [3.05, 3.63) is 0 Å². The number of nitrogens with one attached hydrogen (secondary N) is 1. The molecule has 3 fully saturated rings. The molecule has 0 radical (unpaired) electrons. The summed E-state index contributed by atoms with van der Waals surface area (Å²) < 4.78 is 17.9. The van der Waals surface area contributed by atoms with E-state index in [9.17, 15) is 9.59 Å². The van der Waals surface area contributed by atoms with Gasteiger partial charge in [0.05, 0.1) is 23.9 Å². The number of amides is 2. The van der Waals surface area contributed by atoms with Crippen LogP contribution >= 0.6 is 0 Å². The summed E-state index contributed by atoms with van der Waals surface area (Å²) in [5.74, 6) is 0.300. The van der Waals surface area contributed by atoms with Gasteiger partial charge in [0.2, 0.25) is 5.91 Å². The highest BCUT2D eigenvalue weighted by molar-refractivity contribution is 5.84. The Kier molecular flexibility index (Phi) is 6.21. The van der Waals surface area contributed by atoms with Gasteiger partial charge in [-0.2, -0.15) is 0 Å². The van der Waals surface area contributed by atoms with Gasteiger partial charge in [-0.15, -0.1) is 0 Å². The number of ether oxygens (including phenoxy) is 3. The monoisotopic (exact) mass is 410 g/mol. The summed E-state index contributed by atoms with van der Waals surface area (Å²) >= 11 is 0. The van der Waals surface area contributed by atoms with E-state index in [1.165, 1.54) is 0 Å². The third-order valence-corrected chi connectivity index (χ3v) is 7.15. The lowest BCUT2D eigenvalue weighted by Crippen LogP contribution is -2.53. The van der Waals surface area contributed by atoms with E-state index in [0.29, 0.717) is 5.92 Å². The molecule has 0 aromatic heterocycles. The van der Waals surface area contributed by atoms with Gasteiger partial charge in [-0.1, -0.05) is 34.6 Å². The molecule has 2 heterocycles. The minimum Gasteiger partial charge on any atom is -0.446 e. The Bertz CT molecular complexity index is 633. The van der Waals surface area contributed by atoms with Crippen molar-refractivity contribution < 1.29 is 23.8 Å². The summed E-state index contributed by atoms with van der Waals surface area (Å²) in [5.41, 5.74) is 5.04. The van der Waals surface area contributed by atoms with Crippen molar-refractivity contribution in [1.29, 1.82) is 0 Å². The third-order valence-electron chi connectivity index (χ3n) is 7.15. The number of rotatable bonds is 8. The maximum atomic E-state index is 12.5. The van der Waals surface area contributed by atoms with E-state index in [1.807, 2.05) is 13.8 Å². The van der Waals surface area contributed by atoms with Crippen LogP contribution in [0.2, 0.25) is 0 Å². The van der Waals surface area contributed by atoms with Gasteiger partial charge >= 0.3 is 6.09 Å². The van der Waals surface area contributed by atoms with Gasteiger partial charge in [0.1, 0.15) is 12.1 Å². The Morgan fingerprint density at radius 2 is 1.93 bits per heavy atom. The van der Waals surface area contributed by atoms with Crippen LogP contribution in [-0.2, 0) is 19.0 Å². The molecule has 0 bridgehead atoms. The maximum absolute atomic E-state index is 12.5. The standard InChI is InChI=1S/C22H38N2O5/c1-12(2)7-8-16-21(6,29-16)18-14(5)15(9-10-22(18)11-27-22)28-20(26)24-17(13(3)4)19(23)25/h12-18H,7-11H2,1-6H3,(H2,23,25)(H,24,26)/t14-,15-,16-,17-,18-,21+,22+/m1/s1. The molecule has 0 aromatic rings. The Balaban J connectivity index is 1.64. The van der Waals surface area contributed by atoms with Crippen molar-refractivity contribution in [2.75, 3.05) is 6.61 Å². The van der Waals surface area contributed by atoms with E-state index in [0.717, 1.165) is 32.3 Å². The molecule has 2 saturated heterocycles. The van der Waals surface area contributed by atoms with Crippen LogP contribution in [0.15, 0.2) is 0 Å². The van der Waals surface area contributed by atoms with Gasteiger partial charge in [0.15, 0.2) is 0 Å². The summed E-state index contributed by atoms with van der Waals surface area (Å²) in [5, 5.41) is 2.63. The SMILES string of the molecule is CC(C)CC[C@H]1O[C@]1(C)[C@H]1[C@H](C)[C@H](OC(=O)N[C@@H](C(N)=O)C(C)C)CC[C@]12CO2. The van der Waals surface area contributed by atoms with Gasteiger partial charge < -0.3 is 25.3 Å². The van der Waals surface area contributed by atoms with E-state index in [1.54, 1.807) is 0 Å². The lowest BCUT2D eigenvalue weighted by molar-refractivity contribution is -0.121. The van der Waals surface area contributed by atoms with Gasteiger partial charge in [-0.25, -0.2) is 4.79 Å². The van der Waals surface area contributed by atoms with Gasteiger partial charge in [0.25, 0.3) is 0 Å². The fourth-order valence-corrected chi connectivity index (χ4v) is 5.37. The lowest BCUT2D eigenvalue weighted by atomic mass is 9.64. The second-order valence-corrected chi connectivity index (χ2v) is 10.2. The topological polar surface area (TPSA) is 106 Å². The molecule has 2 aliphatic heterocycles. The number of nitrogens with two attached hydrogens (primary N) is 1. The van der Waals surface area contributed by atoms with E-state index < -0.39 is 18.0 Å². The first-order valence-corrected chi connectivity index (χ1v) is 11.1. The van der Waals surface area contributed by atoms with Crippen molar-refractivity contribution >= 4 is 12.0 Å². The molecule has 29 heavy (non-hydrogen) atoms. The van der Waals surface area contributed by atoms with Crippen molar-refractivity contribution in [2.45, 2.75) is 96.7 Å². The van der Waals surface area contributed by atoms with Crippen LogP contribution in [-0.4, -0.2) is 48.1 Å². The Morgan fingerprint density at radius 1 is 1.28 bits per heavy atom. The van der Waals surface area contributed by atoms with Gasteiger partial charge in [-0.05, 0) is 44.4 Å². The second-order valence-electron chi connectivity index (χ2n) is 10.2. The zero-order chi connectivity index (χ0) is 21.6. The molecule has 2 amide bonds. The number of primary amides is 1. The van der Waals surface area contributed by atoms with Crippen molar-refractivity contribution in [3.63, 3.8) is 0 Å². The first-order chi connectivity index (χ1) is 13.5. The van der Waals surface area contributed by atoms with Crippen LogP contribution in [0.3, 0.4) is 0 Å². The predicted molar refractivity (Wildman–Crippen MR) is 109 cm³/mol. The van der Waals surface area contributed by atoms with Gasteiger partial charge in [0, 0.05) is 11.8 Å². The molecule has 0 unspecified atom stereocenters. The van der Waals surface area contributed by atoms with Crippen LogP contribution < -0.4 is 11.1 Å². The molecular weight excluding hydrogens is 372 g/mol. The number of alkyl carbamates (subject to hydrolysis) is 1. The van der Waals surface area contributed by atoms with Crippen LogP contribution in [0.4, 0.5) is 4.79 Å². The second kappa shape index (κ2) is 8.06. The molecule has 3 aliphatic rings. The predicted octanol–water partition coefficient (Wildman–Crippen LogP) is 3.00. The largest absolute Gasteiger partial charge is 0.446 e. The lowest BCUT2D eigenvalue weighted by Gasteiger charge is -2.42. The highest BCUT2D eigenvalue weighted by Gasteiger charge is 2.70. The van der Waals surface area contributed by atoms with E-state index in [2.05, 4.69) is 33.0 Å². The zero-order valence-electron chi connectivity index (χ0n) is 18.7. The quantitative estimate of drug-likeness (QED) is 0.598. The van der Waals surface area contributed by atoms with Crippen LogP contribution in [0, 0.1) is 23.7 Å². The normalized spacial score (nSPS) is 39.4. The number of hydrogen-bond donors (Lipinski definition) is 2. The van der Waals surface area contributed by atoms with Crippen molar-refractivity contribution in [2.24, 2.45) is 29.4 Å². The highest BCUT2D eigenvalue weighted by Crippen LogP contribution is 2.61. The van der Waals surface area contributed by atoms with E-state index in [4.69, 9.17) is 19.9 Å². The molecule has 1 spiro atoms. The minimum atomic E-state index is -0.736. The van der Waals surface area contributed by atoms with Crippen LogP contribution in [0.1, 0.15) is 67.2 Å².